The van der Waals surface area contributed by atoms with E-state index >= 15 is 0 Å². The maximum atomic E-state index is 12.7. The number of hydrogen-bond donors (Lipinski definition) is 1. The SMILES string of the molecule is CCCn1c(=O)n(CC(O)COCc2ccc(Cl)cc2)c2ccccc21. The molecule has 1 aromatic heterocycles. The fourth-order valence-electron chi connectivity index (χ4n) is 3.05. The zero-order chi connectivity index (χ0) is 18.5. The Labute approximate surface area is 157 Å². The molecule has 0 aliphatic heterocycles. The predicted octanol–water partition coefficient (Wildman–Crippen LogP) is 3.44. The summed E-state index contributed by atoms with van der Waals surface area (Å²) in [7, 11) is 0. The van der Waals surface area contributed by atoms with Crippen molar-refractivity contribution in [3.63, 3.8) is 0 Å². The van der Waals surface area contributed by atoms with Crippen molar-refractivity contribution in [1.82, 2.24) is 9.13 Å². The number of aryl methyl sites for hydroxylation is 1. The average Bonchev–Trinajstić information content (AvgIpc) is 2.90. The van der Waals surface area contributed by atoms with E-state index in [1.54, 1.807) is 21.3 Å². The highest BCUT2D eigenvalue weighted by Gasteiger charge is 2.15. The van der Waals surface area contributed by atoms with E-state index in [2.05, 4.69) is 0 Å². The van der Waals surface area contributed by atoms with Crippen LogP contribution >= 0.6 is 11.6 Å². The van der Waals surface area contributed by atoms with Gasteiger partial charge in [-0.2, -0.15) is 0 Å². The summed E-state index contributed by atoms with van der Waals surface area (Å²) in [5, 5.41) is 11.0. The van der Waals surface area contributed by atoms with E-state index in [4.69, 9.17) is 16.3 Å². The van der Waals surface area contributed by atoms with Crippen molar-refractivity contribution in [2.75, 3.05) is 6.61 Å². The Morgan fingerprint density at radius 2 is 1.73 bits per heavy atom. The lowest BCUT2D eigenvalue weighted by molar-refractivity contribution is 0.0204. The van der Waals surface area contributed by atoms with Crippen molar-refractivity contribution in [2.45, 2.75) is 39.1 Å². The van der Waals surface area contributed by atoms with Crippen LogP contribution in [-0.2, 0) is 24.4 Å². The van der Waals surface area contributed by atoms with Gasteiger partial charge in [-0.15, -0.1) is 0 Å². The highest BCUT2D eigenvalue weighted by molar-refractivity contribution is 6.30. The minimum Gasteiger partial charge on any atom is -0.389 e. The molecule has 0 saturated heterocycles. The minimum absolute atomic E-state index is 0.0928. The van der Waals surface area contributed by atoms with Crippen LogP contribution in [0.5, 0.6) is 0 Å². The maximum absolute atomic E-state index is 12.7. The topological polar surface area (TPSA) is 56.4 Å². The summed E-state index contributed by atoms with van der Waals surface area (Å²) >= 11 is 5.86. The Balaban J connectivity index is 1.67. The van der Waals surface area contributed by atoms with E-state index in [9.17, 15) is 9.90 Å². The third-order valence-corrected chi connectivity index (χ3v) is 4.51. The molecule has 1 unspecified atom stereocenters. The zero-order valence-electron chi connectivity index (χ0n) is 14.8. The molecular formula is C20H23ClN2O3. The van der Waals surface area contributed by atoms with E-state index in [1.807, 2.05) is 43.3 Å². The molecule has 0 aliphatic rings. The van der Waals surface area contributed by atoms with Gasteiger partial charge < -0.3 is 9.84 Å². The van der Waals surface area contributed by atoms with Gasteiger partial charge in [0, 0.05) is 11.6 Å². The summed E-state index contributed by atoms with van der Waals surface area (Å²) < 4.78 is 8.97. The van der Waals surface area contributed by atoms with Gasteiger partial charge >= 0.3 is 5.69 Å². The molecule has 3 rings (SSSR count). The Kier molecular flexibility index (Phi) is 6.14. The molecule has 26 heavy (non-hydrogen) atoms. The first-order valence-electron chi connectivity index (χ1n) is 8.78. The van der Waals surface area contributed by atoms with E-state index < -0.39 is 6.10 Å². The number of para-hydroxylation sites is 2. The largest absolute Gasteiger partial charge is 0.389 e. The van der Waals surface area contributed by atoms with Crippen LogP contribution in [0.2, 0.25) is 5.02 Å². The third-order valence-electron chi connectivity index (χ3n) is 4.26. The number of fused-ring (bicyclic) bond motifs is 1. The molecule has 3 aromatic rings. The van der Waals surface area contributed by atoms with Crippen LogP contribution in [0.4, 0.5) is 0 Å². The molecule has 5 nitrogen and oxygen atoms in total. The zero-order valence-corrected chi connectivity index (χ0v) is 15.5. The van der Waals surface area contributed by atoms with Gasteiger partial charge in [-0.3, -0.25) is 9.13 Å². The van der Waals surface area contributed by atoms with E-state index in [1.165, 1.54) is 0 Å². The summed E-state index contributed by atoms with van der Waals surface area (Å²) in [6, 6.07) is 15.0. The maximum Gasteiger partial charge on any atom is 0.329 e. The van der Waals surface area contributed by atoms with Crippen molar-refractivity contribution in [1.29, 1.82) is 0 Å². The lowest BCUT2D eigenvalue weighted by atomic mass is 10.2. The summed E-state index contributed by atoms with van der Waals surface area (Å²) in [6.45, 7) is 3.45. The monoisotopic (exact) mass is 374 g/mol. The van der Waals surface area contributed by atoms with Crippen LogP contribution in [0.25, 0.3) is 11.0 Å². The van der Waals surface area contributed by atoms with Gasteiger partial charge in [0.2, 0.25) is 0 Å². The quantitative estimate of drug-likeness (QED) is 0.657. The van der Waals surface area contributed by atoms with Crippen molar-refractivity contribution in [3.8, 4) is 0 Å². The van der Waals surface area contributed by atoms with Crippen LogP contribution in [0.3, 0.4) is 0 Å². The van der Waals surface area contributed by atoms with Crippen LogP contribution < -0.4 is 5.69 Å². The molecule has 2 aromatic carbocycles. The number of aliphatic hydroxyl groups is 1. The highest BCUT2D eigenvalue weighted by atomic mass is 35.5. The number of benzene rings is 2. The van der Waals surface area contributed by atoms with Gasteiger partial charge in [0.15, 0.2) is 0 Å². The number of imidazole rings is 1. The lowest BCUT2D eigenvalue weighted by Gasteiger charge is -2.12. The molecule has 138 valence electrons. The number of aliphatic hydroxyl groups excluding tert-OH is 1. The Bertz CT molecular complexity index is 915. The molecule has 0 radical (unpaired) electrons. The average molecular weight is 375 g/mol. The van der Waals surface area contributed by atoms with Gasteiger partial charge in [0.1, 0.15) is 0 Å². The van der Waals surface area contributed by atoms with Crippen molar-refractivity contribution in [3.05, 3.63) is 69.6 Å². The molecule has 1 N–H and O–H groups in total. The van der Waals surface area contributed by atoms with Crippen molar-refractivity contribution >= 4 is 22.6 Å². The number of aromatic nitrogens is 2. The van der Waals surface area contributed by atoms with E-state index in [-0.39, 0.29) is 18.8 Å². The van der Waals surface area contributed by atoms with Crippen LogP contribution in [0, 0.1) is 0 Å². The minimum atomic E-state index is -0.763. The molecule has 6 heteroatoms. The summed E-state index contributed by atoms with van der Waals surface area (Å²) in [5.74, 6) is 0. The summed E-state index contributed by atoms with van der Waals surface area (Å²) in [5.41, 5.74) is 2.62. The molecule has 0 saturated carbocycles. The number of nitrogens with zero attached hydrogens (tertiary/aromatic N) is 2. The second kappa shape index (κ2) is 8.54. The third kappa shape index (κ3) is 4.18. The lowest BCUT2D eigenvalue weighted by Crippen LogP contribution is -2.30. The molecule has 0 bridgehead atoms. The van der Waals surface area contributed by atoms with Crippen molar-refractivity contribution in [2.24, 2.45) is 0 Å². The van der Waals surface area contributed by atoms with Gasteiger partial charge in [-0.05, 0) is 36.2 Å². The molecule has 0 fully saturated rings. The fourth-order valence-corrected chi connectivity index (χ4v) is 3.17. The first-order chi connectivity index (χ1) is 12.6. The van der Waals surface area contributed by atoms with Crippen LogP contribution in [-0.4, -0.2) is 27.0 Å². The first-order valence-corrected chi connectivity index (χ1v) is 9.16. The molecule has 1 atom stereocenters. The van der Waals surface area contributed by atoms with E-state index in [0.717, 1.165) is 23.0 Å². The standard InChI is InChI=1S/C20H23ClN2O3/c1-2-11-22-18-5-3-4-6-19(18)23(20(22)25)12-17(24)14-26-13-15-7-9-16(21)10-8-15/h3-10,17,24H,2,11-14H2,1H3. The van der Waals surface area contributed by atoms with E-state index in [0.29, 0.717) is 18.2 Å². The second-order valence-electron chi connectivity index (χ2n) is 6.33. The molecular weight excluding hydrogens is 352 g/mol. The number of halogens is 1. The Morgan fingerprint density at radius 3 is 2.38 bits per heavy atom. The van der Waals surface area contributed by atoms with Gasteiger partial charge in [0.05, 0.1) is 36.9 Å². The normalized spacial score (nSPS) is 12.6. The fraction of sp³-hybridized carbons (Fsp3) is 0.350. The Morgan fingerprint density at radius 1 is 1.08 bits per heavy atom. The predicted molar refractivity (Wildman–Crippen MR) is 104 cm³/mol. The van der Waals surface area contributed by atoms with Crippen LogP contribution in [0.15, 0.2) is 53.3 Å². The molecule has 0 amide bonds. The first kappa shape index (κ1) is 18.7. The number of rotatable bonds is 8. The highest BCUT2D eigenvalue weighted by Crippen LogP contribution is 2.14. The summed E-state index contributed by atoms with van der Waals surface area (Å²) in [4.78, 5) is 12.7. The molecule has 0 aliphatic carbocycles. The Hall–Kier alpha value is -2.08. The van der Waals surface area contributed by atoms with Crippen molar-refractivity contribution < 1.29 is 9.84 Å². The number of ether oxygens (including phenoxy) is 1. The van der Waals surface area contributed by atoms with Gasteiger partial charge in [-0.1, -0.05) is 42.8 Å². The summed E-state index contributed by atoms with van der Waals surface area (Å²) in [6.07, 6.45) is 0.113. The smallest absolute Gasteiger partial charge is 0.329 e. The second-order valence-corrected chi connectivity index (χ2v) is 6.77. The van der Waals surface area contributed by atoms with Gasteiger partial charge in [0.25, 0.3) is 0 Å². The molecule has 0 spiro atoms. The van der Waals surface area contributed by atoms with Gasteiger partial charge in [-0.25, -0.2) is 4.79 Å². The number of hydrogen-bond acceptors (Lipinski definition) is 3. The molecule has 1 heterocycles. The van der Waals surface area contributed by atoms with Crippen LogP contribution in [0.1, 0.15) is 18.9 Å².